The van der Waals surface area contributed by atoms with E-state index in [9.17, 15) is 4.79 Å². The van der Waals surface area contributed by atoms with E-state index in [1.807, 2.05) is 24.3 Å². The Hall–Kier alpha value is -0.870. The van der Waals surface area contributed by atoms with Crippen LogP contribution < -0.4 is 5.32 Å². The van der Waals surface area contributed by atoms with Gasteiger partial charge in [-0.1, -0.05) is 28.1 Å². The number of carbonyl (C=O) groups is 1. The van der Waals surface area contributed by atoms with Crippen molar-refractivity contribution in [2.45, 2.75) is 18.9 Å². The number of nitrogens with one attached hydrogen (secondary N) is 1. The van der Waals surface area contributed by atoms with Gasteiger partial charge >= 0.3 is 0 Å². The van der Waals surface area contributed by atoms with Crippen LogP contribution in [0.25, 0.3) is 0 Å². The lowest BCUT2D eigenvalue weighted by molar-refractivity contribution is -0.131. The van der Waals surface area contributed by atoms with Crippen LogP contribution in [0.4, 0.5) is 0 Å². The molecular formula is C14H17BrN2O. The molecule has 2 aliphatic heterocycles. The number of carbonyl (C=O) groups excluding carboxylic acids is 1. The first-order valence-corrected chi connectivity index (χ1v) is 7.28. The summed E-state index contributed by atoms with van der Waals surface area (Å²) in [4.78, 5) is 14.4. The maximum Gasteiger partial charge on any atom is 0.227 e. The van der Waals surface area contributed by atoms with Crippen LogP contribution >= 0.6 is 15.9 Å². The van der Waals surface area contributed by atoms with Crippen molar-refractivity contribution in [2.24, 2.45) is 5.92 Å². The Morgan fingerprint density at radius 3 is 3.17 bits per heavy atom. The summed E-state index contributed by atoms with van der Waals surface area (Å²) in [5, 5.41) is 3.38. The molecule has 0 bridgehead atoms. The highest BCUT2D eigenvalue weighted by Gasteiger charge is 2.39. The van der Waals surface area contributed by atoms with E-state index in [0.717, 1.165) is 36.1 Å². The van der Waals surface area contributed by atoms with E-state index in [1.165, 1.54) is 0 Å². The van der Waals surface area contributed by atoms with E-state index in [0.29, 0.717) is 18.4 Å². The molecule has 4 heteroatoms. The van der Waals surface area contributed by atoms with E-state index >= 15 is 0 Å². The molecule has 0 saturated carbocycles. The van der Waals surface area contributed by atoms with E-state index in [1.54, 1.807) is 0 Å². The first-order chi connectivity index (χ1) is 8.74. The summed E-state index contributed by atoms with van der Waals surface area (Å²) in [7, 11) is 0. The molecule has 18 heavy (non-hydrogen) atoms. The minimum absolute atomic E-state index is 0.268. The fourth-order valence-electron chi connectivity index (χ4n) is 3.08. The molecule has 0 aliphatic carbocycles. The van der Waals surface area contributed by atoms with Crippen molar-refractivity contribution < 1.29 is 4.79 Å². The summed E-state index contributed by atoms with van der Waals surface area (Å²) in [6, 6.07) is 8.45. The predicted octanol–water partition coefficient (Wildman–Crippen LogP) is 1.81. The number of halogens is 1. The van der Waals surface area contributed by atoms with Crippen molar-refractivity contribution in [3.8, 4) is 0 Å². The molecule has 3 rings (SSSR count). The van der Waals surface area contributed by atoms with Gasteiger partial charge in [0.25, 0.3) is 0 Å². The van der Waals surface area contributed by atoms with Crippen molar-refractivity contribution in [3.63, 3.8) is 0 Å². The van der Waals surface area contributed by atoms with Gasteiger partial charge in [0, 0.05) is 30.1 Å². The minimum Gasteiger partial charge on any atom is -0.338 e. The van der Waals surface area contributed by atoms with Gasteiger partial charge in [-0.3, -0.25) is 4.79 Å². The Balaban J connectivity index is 1.68. The maximum atomic E-state index is 12.4. The number of amides is 1. The fourth-order valence-corrected chi connectivity index (χ4v) is 3.53. The molecule has 0 aromatic heterocycles. The Bertz CT molecular complexity index is 463. The SMILES string of the molecule is O=C(Cc1cccc(Br)c1)N1CC[C@H]2CNC[C@H]21. The van der Waals surface area contributed by atoms with Crippen LogP contribution in [0.5, 0.6) is 0 Å². The van der Waals surface area contributed by atoms with Gasteiger partial charge in [0.05, 0.1) is 6.42 Å². The third kappa shape index (κ3) is 2.31. The second-order valence-corrected chi connectivity index (χ2v) is 6.08. The van der Waals surface area contributed by atoms with Crippen molar-refractivity contribution in [2.75, 3.05) is 19.6 Å². The van der Waals surface area contributed by atoms with Crippen LogP contribution in [0.2, 0.25) is 0 Å². The zero-order valence-corrected chi connectivity index (χ0v) is 11.8. The molecule has 2 fully saturated rings. The number of hydrogen-bond acceptors (Lipinski definition) is 2. The monoisotopic (exact) mass is 308 g/mol. The zero-order chi connectivity index (χ0) is 12.5. The number of hydrogen-bond donors (Lipinski definition) is 1. The number of likely N-dealkylation sites (tertiary alicyclic amines) is 1. The average Bonchev–Trinajstić information content (AvgIpc) is 2.89. The lowest BCUT2D eigenvalue weighted by Crippen LogP contribution is -2.39. The molecule has 1 N–H and O–H groups in total. The second kappa shape index (κ2) is 5.02. The number of rotatable bonds is 2. The normalized spacial score (nSPS) is 26.4. The molecule has 2 aliphatic rings. The first kappa shape index (κ1) is 12.2. The second-order valence-electron chi connectivity index (χ2n) is 5.17. The third-order valence-corrected chi connectivity index (χ3v) is 4.50. The Kier molecular flexibility index (Phi) is 3.39. The summed E-state index contributed by atoms with van der Waals surface area (Å²) in [6.45, 7) is 2.98. The summed E-state index contributed by atoms with van der Waals surface area (Å²) >= 11 is 3.45. The summed E-state index contributed by atoms with van der Waals surface area (Å²) in [5.74, 6) is 0.945. The fraction of sp³-hybridized carbons (Fsp3) is 0.500. The summed E-state index contributed by atoms with van der Waals surface area (Å²) in [6.07, 6.45) is 1.67. The van der Waals surface area contributed by atoms with Gasteiger partial charge in [-0.05, 0) is 30.0 Å². The zero-order valence-electron chi connectivity index (χ0n) is 10.2. The van der Waals surface area contributed by atoms with E-state index < -0.39 is 0 Å². The number of nitrogens with zero attached hydrogens (tertiary/aromatic N) is 1. The van der Waals surface area contributed by atoms with Crippen molar-refractivity contribution in [3.05, 3.63) is 34.3 Å². The third-order valence-electron chi connectivity index (χ3n) is 4.01. The first-order valence-electron chi connectivity index (χ1n) is 6.48. The molecule has 0 unspecified atom stereocenters. The van der Waals surface area contributed by atoms with Crippen LogP contribution in [0.15, 0.2) is 28.7 Å². The van der Waals surface area contributed by atoms with Gasteiger partial charge in [0.2, 0.25) is 5.91 Å². The van der Waals surface area contributed by atoms with E-state index in [-0.39, 0.29) is 5.91 Å². The predicted molar refractivity (Wildman–Crippen MR) is 74.3 cm³/mol. The van der Waals surface area contributed by atoms with Crippen molar-refractivity contribution in [1.29, 1.82) is 0 Å². The highest BCUT2D eigenvalue weighted by Crippen LogP contribution is 2.27. The van der Waals surface area contributed by atoms with Crippen LogP contribution in [-0.4, -0.2) is 36.5 Å². The van der Waals surface area contributed by atoms with Crippen LogP contribution in [0, 0.1) is 5.92 Å². The lowest BCUT2D eigenvalue weighted by Gasteiger charge is -2.23. The highest BCUT2D eigenvalue weighted by atomic mass is 79.9. The minimum atomic E-state index is 0.268. The standard InChI is InChI=1S/C14H17BrN2O/c15-12-3-1-2-10(6-12)7-14(18)17-5-4-11-8-16-9-13(11)17/h1-3,6,11,13,16H,4-5,7-9H2/t11-,13+/m0/s1. The van der Waals surface area contributed by atoms with E-state index in [4.69, 9.17) is 0 Å². The Morgan fingerprint density at radius 1 is 1.44 bits per heavy atom. The molecule has 1 amide bonds. The summed E-state index contributed by atoms with van der Waals surface area (Å²) < 4.78 is 1.04. The maximum absolute atomic E-state index is 12.4. The molecule has 2 atom stereocenters. The van der Waals surface area contributed by atoms with Crippen molar-refractivity contribution >= 4 is 21.8 Å². The topological polar surface area (TPSA) is 32.3 Å². The van der Waals surface area contributed by atoms with E-state index in [2.05, 4.69) is 26.1 Å². The molecule has 3 nitrogen and oxygen atoms in total. The largest absolute Gasteiger partial charge is 0.338 e. The smallest absolute Gasteiger partial charge is 0.227 e. The van der Waals surface area contributed by atoms with Gasteiger partial charge in [-0.2, -0.15) is 0 Å². The molecule has 2 saturated heterocycles. The van der Waals surface area contributed by atoms with Gasteiger partial charge in [0.15, 0.2) is 0 Å². The molecule has 2 heterocycles. The Labute approximate surface area is 116 Å². The van der Waals surface area contributed by atoms with Gasteiger partial charge in [-0.15, -0.1) is 0 Å². The quantitative estimate of drug-likeness (QED) is 0.904. The van der Waals surface area contributed by atoms with Crippen LogP contribution in [0.1, 0.15) is 12.0 Å². The highest BCUT2D eigenvalue weighted by molar-refractivity contribution is 9.10. The summed E-state index contributed by atoms with van der Waals surface area (Å²) in [5.41, 5.74) is 1.09. The van der Waals surface area contributed by atoms with Crippen molar-refractivity contribution in [1.82, 2.24) is 10.2 Å². The van der Waals surface area contributed by atoms with Gasteiger partial charge in [-0.25, -0.2) is 0 Å². The molecule has 96 valence electrons. The molecular weight excluding hydrogens is 292 g/mol. The van der Waals surface area contributed by atoms with Gasteiger partial charge < -0.3 is 10.2 Å². The van der Waals surface area contributed by atoms with Gasteiger partial charge in [0.1, 0.15) is 0 Å². The molecule has 0 radical (unpaired) electrons. The number of fused-ring (bicyclic) bond motifs is 1. The number of benzene rings is 1. The molecule has 0 spiro atoms. The average molecular weight is 309 g/mol. The lowest BCUT2D eigenvalue weighted by atomic mass is 10.0. The van der Waals surface area contributed by atoms with Crippen LogP contribution in [0.3, 0.4) is 0 Å². The molecule has 1 aromatic rings. The Morgan fingerprint density at radius 2 is 2.33 bits per heavy atom. The molecule has 1 aromatic carbocycles. The van der Waals surface area contributed by atoms with Crippen LogP contribution in [-0.2, 0) is 11.2 Å².